The highest BCUT2D eigenvalue weighted by atomic mass is 79.9. The minimum atomic E-state index is -0.925. The van der Waals surface area contributed by atoms with Crippen molar-refractivity contribution in [3.8, 4) is 0 Å². The summed E-state index contributed by atoms with van der Waals surface area (Å²) >= 11 is 3.40. The lowest BCUT2D eigenvalue weighted by Crippen LogP contribution is -2.43. The lowest BCUT2D eigenvalue weighted by atomic mass is 10.0. The number of hydrogen-bond acceptors (Lipinski definition) is 3. The van der Waals surface area contributed by atoms with Crippen LogP contribution < -0.4 is 5.32 Å². The average Bonchev–Trinajstić information content (AvgIpc) is 2.77. The molecule has 1 unspecified atom stereocenters. The Balaban J connectivity index is 2.01. The maximum Gasteiger partial charge on any atom is 0.252 e. The summed E-state index contributed by atoms with van der Waals surface area (Å²) in [5.74, 6) is -0.189. The van der Waals surface area contributed by atoms with E-state index in [1.54, 1.807) is 6.07 Å². The van der Waals surface area contributed by atoms with Gasteiger partial charge in [0.15, 0.2) is 0 Å². The van der Waals surface area contributed by atoms with Gasteiger partial charge < -0.3 is 15.2 Å². The highest BCUT2D eigenvalue weighted by molar-refractivity contribution is 9.10. The predicted octanol–water partition coefficient (Wildman–Crippen LogP) is 1.64. The summed E-state index contributed by atoms with van der Waals surface area (Å²) < 4.78 is 5.92. The number of ether oxygens (including phenoxy) is 1. The van der Waals surface area contributed by atoms with Gasteiger partial charge in [0.25, 0.3) is 5.91 Å². The summed E-state index contributed by atoms with van der Waals surface area (Å²) in [6, 6.07) is 5.52. The summed E-state index contributed by atoms with van der Waals surface area (Å²) in [5, 5.41) is 12.8. The topological polar surface area (TPSA) is 58.6 Å². The second kappa shape index (κ2) is 5.38. The second-order valence-corrected chi connectivity index (χ2v) is 5.44. The molecule has 1 aliphatic heterocycles. The largest absolute Gasteiger partial charge is 0.386 e. The fraction of sp³-hybridized carbons (Fsp3) is 0.462. The lowest BCUT2D eigenvalue weighted by molar-refractivity contribution is 0.0264. The van der Waals surface area contributed by atoms with Gasteiger partial charge in [0.2, 0.25) is 0 Å². The standard InChI is InChI=1S/C13H16BrNO3/c1-9-3-2-4-10(11(9)14)12(16)15-7-13(17)5-6-18-8-13/h2-4,17H,5-8H2,1H3,(H,15,16). The summed E-state index contributed by atoms with van der Waals surface area (Å²) in [6.07, 6.45) is 0.558. The Kier molecular flexibility index (Phi) is 4.04. The van der Waals surface area contributed by atoms with Crippen LogP contribution in [-0.4, -0.2) is 36.4 Å². The van der Waals surface area contributed by atoms with E-state index in [0.29, 0.717) is 18.6 Å². The van der Waals surface area contributed by atoms with E-state index in [4.69, 9.17) is 4.74 Å². The Bertz CT molecular complexity index is 456. The molecule has 1 fully saturated rings. The van der Waals surface area contributed by atoms with Crippen molar-refractivity contribution < 1.29 is 14.6 Å². The molecule has 0 aromatic heterocycles. The van der Waals surface area contributed by atoms with Gasteiger partial charge in [0.05, 0.1) is 12.2 Å². The van der Waals surface area contributed by atoms with E-state index in [-0.39, 0.29) is 19.1 Å². The smallest absolute Gasteiger partial charge is 0.252 e. The molecule has 18 heavy (non-hydrogen) atoms. The first kappa shape index (κ1) is 13.5. The van der Waals surface area contributed by atoms with E-state index in [1.165, 1.54) is 0 Å². The first-order valence-corrected chi connectivity index (χ1v) is 6.65. The fourth-order valence-corrected chi connectivity index (χ4v) is 2.34. The zero-order valence-electron chi connectivity index (χ0n) is 10.2. The third-order valence-corrected chi connectivity index (χ3v) is 4.15. The number of hydrogen-bond donors (Lipinski definition) is 2. The van der Waals surface area contributed by atoms with Crippen LogP contribution in [0.1, 0.15) is 22.3 Å². The number of carbonyl (C=O) groups is 1. The van der Waals surface area contributed by atoms with Gasteiger partial charge in [-0.1, -0.05) is 12.1 Å². The molecule has 5 heteroatoms. The van der Waals surface area contributed by atoms with Gasteiger partial charge in [0.1, 0.15) is 5.60 Å². The number of aryl methyl sites for hydroxylation is 1. The summed E-state index contributed by atoms with van der Waals surface area (Å²) in [6.45, 7) is 2.97. The van der Waals surface area contributed by atoms with E-state index in [1.807, 2.05) is 19.1 Å². The van der Waals surface area contributed by atoms with E-state index in [2.05, 4.69) is 21.2 Å². The minimum absolute atomic E-state index is 0.189. The third kappa shape index (κ3) is 2.91. The van der Waals surface area contributed by atoms with Crippen molar-refractivity contribution in [1.82, 2.24) is 5.32 Å². The van der Waals surface area contributed by atoms with Crippen molar-refractivity contribution in [2.75, 3.05) is 19.8 Å². The van der Waals surface area contributed by atoms with Gasteiger partial charge in [-0.05, 0) is 34.5 Å². The number of amides is 1. The van der Waals surface area contributed by atoms with Crippen molar-refractivity contribution in [3.05, 3.63) is 33.8 Å². The molecule has 4 nitrogen and oxygen atoms in total. The zero-order valence-corrected chi connectivity index (χ0v) is 11.8. The van der Waals surface area contributed by atoms with Crippen LogP contribution in [0.25, 0.3) is 0 Å². The SMILES string of the molecule is Cc1cccc(C(=O)NCC2(O)CCOC2)c1Br. The molecule has 2 N–H and O–H groups in total. The number of halogens is 1. The highest BCUT2D eigenvalue weighted by Crippen LogP contribution is 2.21. The Hall–Kier alpha value is -0.910. The van der Waals surface area contributed by atoms with Crippen LogP contribution in [0.2, 0.25) is 0 Å². The third-order valence-electron chi connectivity index (χ3n) is 3.10. The summed E-state index contributed by atoms with van der Waals surface area (Å²) in [5.41, 5.74) is 0.662. The van der Waals surface area contributed by atoms with Gasteiger partial charge in [0, 0.05) is 24.0 Å². The van der Waals surface area contributed by atoms with Crippen molar-refractivity contribution in [2.45, 2.75) is 18.9 Å². The second-order valence-electron chi connectivity index (χ2n) is 4.65. The van der Waals surface area contributed by atoms with Crippen molar-refractivity contribution in [2.24, 2.45) is 0 Å². The van der Waals surface area contributed by atoms with Gasteiger partial charge in [-0.15, -0.1) is 0 Å². The molecule has 0 saturated carbocycles. The molecular formula is C13H16BrNO3. The highest BCUT2D eigenvalue weighted by Gasteiger charge is 2.32. The normalized spacial score (nSPS) is 23.1. The lowest BCUT2D eigenvalue weighted by Gasteiger charge is -2.20. The van der Waals surface area contributed by atoms with Crippen LogP contribution in [0.15, 0.2) is 22.7 Å². The first-order chi connectivity index (χ1) is 8.52. The van der Waals surface area contributed by atoms with E-state index in [0.717, 1.165) is 10.0 Å². The Labute approximate surface area is 114 Å². The van der Waals surface area contributed by atoms with Crippen LogP contribution in [0.3, 0.4) is 0 Å². The van der Waals surface area contributed by atoms with E-state index < -0.39 is 5.60 Å². The monoisotopic (exact) mass is 313 g/mol. The van der Waals surface area contributed by atoms with E-state index >= 15 is 0 Å². The van der Waals surface area contributed by atoms with Crippen molar-refractivity contribution >= 4 is 21.8 Å². The Morgan fingerprint density at radius 2 is 2.39 bits per heavy atom. The molecule has 1 aromatic carbocycles. The number of nitrogens with one attached hydrogen (secondary N) is 1. The van der Waals surface area contributed by atoms with Crippen molar-refractivity contribution in [3.63, 3.8) is 0 Å². The number of rotatable bonds is 3. The molecule has 1 saturated heterocycles. The molecule has 1 heterocycles. The number of aliphatic hydroxyl groups is 1. The van der Waals surface area contributed by atoms with Gasteiger partial charge >= 0.3 is 0 Å². The maximum atomic E-state index is 12.0. The summed E-state index contributed by atoms with van der Waals surface area (Å²) in [7, 11) is 0. The maximum absolute atomic E-state index is 12.0. The van der Waals surface area contributed by atoms with E-state index in [9.17, 15) is 9.90 Å². The summed E-state index contributed by atoms with van der Waals surface area (Å²) in [4.78, 5) is 12.0. The Morgan fingerprint density at radius 1 is 1.61 bits per heavy atom. The van der Waals surface area contributed by atoms with Gasteiger partial charge in [-0.25, -0.2) is 0 Å². The predicted molar refractivity (Wildman–Crippen MR) is 71.6 cm³/mol. The number of benzene rings is 1. The molecule has 0 aliphatic carbocycles. The van der Waals surface area contributed by atoms with Crippen LogP contribution in [0.4, 0.5) is 0 Å². The Morgan fingerprint density at radius 3 is 3.06 bits per heavy atom. The molecule has 1 atom stereocenters. The van der Waals surface area contributed by atoms with Crippen molar-refractivity contribution in [1.29, 1.82) is 0 Å². The molecule has 0 radical (unpaired) electrons. The van der Waals surface area contributed by atoms with Crippen LogP contribution in [0, 0.1) is 6.92 Å². The molecule has 0 bridgehead atoms. The minimum Gasteiger partial charge on any atom is -0.386 e. The molecule has 2 rings (SSSR count). The number of carbonyl (C=O) groups excluding carboxylic acids is 1. The molecule has 98 valence electrons. The molecule has 1 aliphatic rings. The zero-order chi connectivity index (χ0) is 13.2. The van der Waals surface area contributed by atoms with Crippen LogP contribution >= 0.6 is 15.9 Å². The van der Waals surface area contributed by atoms with Gasteiger partial charge in [-0.3, -0.25) is 4.79 Å². The van der Waals surface area contributed by atoms with Crippen LogP contribution in [-0.2, 0) is 4.74 Å². The first-order valence-electron chi connectivity index (χ1n) is 5.85. The molecule has 1 aromatic rings. The molecule has 0 spiro atoms. The van der Waals surface area contributed by atoms with Crippen LogP contribution in [0.5, 0.6) is 0 Å². The average molecular weight is 314 g/mol. The molecular weight excluding hydrogens is 298 g/mol. The fourth-order valence-electron chi connectivity index (χ4n) is 1.90. The quantitative estimate of drug-likeness (QED) is 0.892. The van der Waals surface area contributed by atoms with Gasteiger partial charge in [-0.2, -0.15) is 0 Å². The molecule has 1 amide bonds.